The maximum absolute atomic E-state index is 5.90. The molecule has 0 bridgehead atoms. The first-order chi connectivity index (χ1) is 11.2. The van der Waals surface area contributed by atoms with Crippen LogP contribution in [0.2, 0.25) is 5.02 Å². The molecule has 6 heteroatoms. The second-order valence-corrected chi connectivity index (χ2v) is 5.86. The van der Waals surface area contributed by atoms with Gasteiger partial charge in [0.25, 0.3) is 0 Å². The maximum atomic E-state index is 5.90. The minimum atomic E-state index is 0. The third-order valence-electron chi connectivity index (χ3n) is 4.04. The fourth-order valence-corrected chi connectivity index (χ4v) is 2.95. The Morgan fingerprint density at radius 1 is 1.08 bits per heavy atom. The number of halogens is 2. The van der Waals surface area contributed by atoms with Crippen molar-refractivity contribution in [1.29, 1.82) is 0 Å². The van der Waals surface area contributed by atoms with E-state index in [1.807, 2.05) is 30.3 Å². The van der Waals surface area contributed by atoms with Crippen LogP contribution in [0.5, 0.6) is 17.2 Å². The molecule has 0 aliphatic carbocycles. The Kier molecular flexibility index (Phi) is 6.60. The van der Waals surface area contributed by atoms with Gasteiger partial charge in [0.2, 0.25) is 0 Å². The van der Waals surface area contributed by atoms with Crippen molar-refractivity contribution in [3.05, 3.63) is 52.5 Å². The zero-order chi connectivity index (χ0) is 16.2. The highest BCUT2D eigenvalue weighted by atomic mass is 35.5. The molecular formula is C18H21Cl2NO3. The quantitative estimate of drug-likeness (QED) is 0.862. The van der Waals surface area contributed by atoms with Crippen LogP contribution in [0.4, 0.5) is 0 Å². The van der Waals surface area contributed by atoms with Gasteiger partial charge in [-0.15, -0.1) is 12.4 Å². The minimum absolute atomic E-state index is 0. The van der Waals surface area contributed by atoms with Crippen LogP contribution in [0.1, 0.15) is 17.2 Å². The van der Waals surface area contributed by atoms with Crippen molar-refractivity contribution in [3.8, 4) is 17.2 Å². The summed E-state index contributed by atoms with van der Waals surface area (Å²) in [7, 11) is 3.31. The van der Waals surface area contributed by atoms with Gasteiger partial charge in [-0.05, 0) is 60.5 Å². The lowest BCUT2D eigenvalue weighted by molar-refractivity contribution is 0.260. The van der Waals surface area contributed by atoms with Gasteiger partial charge in [0.1, 0.15) is 12.4 Å². The Labute approximate surface area is 153 Å². The number of hydrogen-bond acceptors (Lipinski definition) is 4. The highest BCUT2D eigenvalue weighted by Crippen LogP contribution is 2.35. The van der Waals surface area contributed by atoms with Crippen LogP contribution in [-0.4, -0.2) is 27.4 Å². The van der Waals surface area contributed by atoms with E-state index in [1.165, 1.54) is 11.1 Å². The van der Waals surface area contributed by atoms with Crippen molar-refractivity contribution >= 4 is 24.0 Å². The summed E-state index contributed by atoms with van der Waals surface area (Å²) in [5, 5.41) is 4.20. The molecule has 24 heavy (non-hydrogen) atoms. The Morgan fingerprint density at radius 3 is 2.42 bits per heavy atom. The summed E-state index contributed by atoms with van der Waals surface area (Å²) in [5.74, 6) is 2.32. The SMILES string of the molecule is COc1cc2c(cc1OC)C(COc1ccc(Cl)cc1)NCC2.Cl. The Hall–Kier alpha value is -1.62. The van der Waals surface area contributed by atoms with Crippen LogP contribution in [0.25, 0.3) is 0 Å². The van der Waals surface area contributed by atoms with E-state index in [0.29, 0.717) is 11.6 Å². The molecule has 2 aromatic carbocycles. The molecule has 1 unspecified atom stereocenters. The number of nitrogens with one attached hydrogen (secondary N) is 1. The van der Waals surface area contributed by atoms with Crippen molar-refractivity contribution < 1.29 is 14.2 Å². The maximum Gasteiger partial charge on any atom is 0.161 e. The smallest absolute Gasteiger partial charge is 0.161 e. The van der Waals surface area contributed by atoms with Gasteiger partial charge in [0.05, 0.1) is 20.3 Å². The highest BCUT2D eigenvalue weighted by molar-refractivity contribution is 6.30. The minimum Gasteiger partial charge on any atom is -0.493 e. The molecule has 1 heterocycles. The Morgan fingerprint density at radius 2 is 1.75 bits per heavy atom. The third kappa shape index (κ3) is 4.07. The van der Waals surface area contributed by atoms with Crippen molar-refractivity contribution in [3.63, 3.8) is 0 Å². The fourth-order valence-electron chi connectivity index (χ4n) is 2.83. The van der Waals surface area contributed by atoms with Crippen molar-refractivity contribution in [2.75, 3.05) is 27.4 Å². The van der Waals surface area contributed by atoms with E-state index in [2.05, 4.69) is 11.4 Å². The van der Waals surface area contributed by atoms with Gasteiger partial charge in [-0.25, -0.2) is 0 Å². The molecule has 1 aliphatic heterocycles. The third-order valence-corrected chi connectivity index (χ3v) is 4.29. The second-order valence-electron chi connectivity index (χ2n) is 5.43. The number of methoxy groups -OCH3 is 2. The number of fused-ring (bicyclic) bond motifs is 1. The molecule has 130 valence electrons. The number of hydrogen-bond donors (Lipinski definition) is 1. The van der Waals surface area contributed by atoms with Crippen LogP contribution >= 0.6 is 24.0 Å². The van der Waals surface area contributed by atoms with E-state index in [4.69, 9.17) is 25.8 Å². The first-order valence-electron chi connectivity index (χ1n) is 7.58. The van der Waals surface area contributed by atoms with Crippen molar-refractivity contribution in [2.24, 2.45) is 0 Å². The first kappa shape index (κ1) is 18.7. The molecule has 0 radical (unpaired) electrons. The van der Waals surface area contributed by atoms with Crippen molar-refractivity contribution in [1.82, 2.24) is 5.32 Å². The van der Waals surface area contributed by atoms with Crippen LogP contribution in [0.15, 0.2) is 36.4 Å². The zero-order valence-corrected chi connectivity index (χ0v) is 15.2. The molecule has 0 amide bonds. The molecule has 2 aromatic rings. The molecule has 1 aliphatic rings. The second kappa shape index (κ2) is 8.47. The van der Waals surface area contributed by atoms with Crippen LogP contribution in [0, 0.1) is 0 Å². The van der Waals surface area contributed by atoms with E-state index in [0.717, 1.165) is 30.2 Å². The lowest BCUT2D eigenvalue weighted by atomic mass is 9.94. The summed E-state index contributed by atoms with van der Waals surface area (Å²) in [6.07, 6.45) is 0.965. The molecular weight excluding hydrogens is 349 g/mol. The average Bonchev–Trinajstić information content (AvgIpc) is 2.60. The standard InChI is InChI=1S/C18H20ClNO3.ClH/c1-21-17-9-12-7-8-20-16(15(12)10-18(17)22-2)11-23-14-5-3-13(19)4-6-14;/h3-6,9-10,16,20H,7-8,11H2,1-2H3;1H. The summed E-state index contributed by atoms with van der Waals surface area (Å²) in [4.78, 5) is 0. The molecule has 0 saturated heterocycles. The predicted octanol–water partition coefficient (Wildman–Crippen LogP) is 4.04. The van der Waals surface area contributed by atoms with Gasteiger partial charge in [-0.1, -0.05) is 11.6 Å². The van der Waals surface area contributed by atoms with E-state index >= 15 is 0 Å². The zero-order valence-electron chi connectivity index (χ0n) is 13.7. The predicted molar refractivity (Wildman–Crippen MR) is 98.2 cm³/mol. The molecule has 0 aromatic heterocycles. The Balaban J connectivity index is 0.00000208. The summed E-state index contributed by atoms with van der Waals surface area (Å²) in [6, 6.07) is 11.6. The van der Waals surface area contributed by atoms with Gasteiger partial charge in [0.15, 0.2) is 11.5 Å². The van der Waals surface area contributed by atoms with Gasteiger partial charge < -0.3 is 19.5 Å². The van der Waals surface area contributed by atoms with Crippen LogP contribution in [0.3, 0.4) is 0 Å². The van der Waals surface area contributed by atoms with E-state index in [9.17, 15) is 0 Å². The monoisotopic (exact) mass is 369 g/mol. The number of benzene rings is 2. The van der Waals surface area contributed by atoms with Gasteiger partial charge in [-0.2, -0.15) is 0 Å². The summed E-state index contributed by atoms with van der Waals surface area (Å²) in [6.45, 7) is 1.46. The lowest BCUT2D eigenvalue weighted by Gasteiger charge is -2.28. The van der Waals surface area contributed by atoms with Gasteiger partial charge in [-0.3, -0.25) is 0 Å². The fraction of sp³-hybridized carbons (Fsp3) is 0.333. The van der Waals surface area contributed by atoms with Gasteiger partial charge >= 0.3 is 0 Å². The number of rotatable bonds is 5. The van der Waals surface area contributed by atoms with E-state index in [-0.39, 0.29) is 18.4 Å². The molecule has 0 spiro atoms. The van der Waals surface area contributed by atoms with E-state index in [1.54, 1.807) is 14.2 Å². The number of ether oxygens (including phenoxy) is 3. The first-order valence-corrected chi connectivity index (χ1v) is 7.95. The Bertz CT molecular complexity index is 677. The summed E-state index contributed by atoms with van der Waals surface area (Å²) in [5.41, 5.74) is 2.47. The molecule has 0 fully saturated rings. The molecule has 4 nitrogen and oxygen atoms in total. The summed E-state index contributed by atoms with van der Waals surface area (Å²) < 4.78 is 16.7. The highest BCUT2D eigenvalue weighted by Gasteiger charge is 2.23. The normalized spacial score (nSPS) is 15.9. The average molecular weight is 370 g/mol. The molecule has 0 saturated carbocycles. The van der Waals surface area contributed by atoms with Crippen LogP contribution in [-0.2, 0) is 6.42 Å². The van der Waals surface area contributed by atoms with Gasteiger partial charge in [0, 0.05) is 5.02 Å². The molecule has 1 atom stereocenters. The summed E-state index contributed by atoms with van der Waals surface area (Å²) >= 11 is 5.90. The van der Waals surface area contributed by atoms with Crippen LogP contribution < -0.4 is 19.5 Å². The lowest BCUT2D eigenvalue weighted by Crippen LogP contribution is -2.33. The molecule has 3 rings (SSSR count). The molecule has 1 N–H and O–H groups in total. The largest absolute Gasteiger partial charge is 0.493 e. The topological polar surface area (TPSA) is 39.7 Å². The van der Waals surface area contributed by atoms with E-state index < -0.39 is 0 Å². The van der Waals surface area contributed by atoms with Crippen molar-refractivity contribution in [2.45, 2.75) is 12.5 Å².